The van der Waals surface area contributed by atoms with E-state index in [1.807, 2.05) is 24.3 Å². The summed E-state index contributed by atoms with van der Waals surface area (Å²) in [5.41, 5.74) is 0.654. The smallest absolute Gasteiger partial charge is 0.416 e. The first-order chi connectivity index (χ1) is 19.9. The van der Waals surface area contributed by atoms with E-state index in [4.69, 9.17) is 29.3 Å². The number of alkyl halides is 3. The number of aliphatic hydroxyl groups is 1. The number of carboxylic acids is 2. The third-order valence-electron chi connectivity index (χ3n) is 6.59. The number of methoxy groups -OCH3 is 1. The average Bonchev–Trinajstić information content (AvgIpc) is 2.96. The number of hydrogen-bond donors (Lipinski definition) is 4. The SMILES string of the molecule is COc1ccc2nccc([C@@H](O)CN3CCC(NCCOc4cc(C(F)(F)F)ccc4F)CC3)c2c1.O=C(O)C(=O)O. The lowest BCUT2D eigenvalue weighted by molar-refractivity contribution is -0.159. The molecule has 4 rings (SSSR count). The lowest BCUT2D eigenvalue weighted by Gasteiger charge is -2.33. The van der Waals surface area contributed by atoms with Crippen molar-refractivity contribution in [2.24, 2.45) is 0 Å². The van der Waals surface area contributed by atoms with Crippen molar-refractivity contribution in [3.05, 3.63) is 65.6 Å². The number of rotatable bonds is 9. The Kier molecular flexibility index (Phi) is 11.4. The maximum absolute atomic E-state index is 13.8. The molecule has 1 aliphatic heterocycles. The highest BCUT2D eigenvalue weighted by molar-refractivity contribution is 6.27. The summed E-state index contributed by atoms with van der Waals surface area (Å²) < 4.78 is 62.8. The van der Waals surface area contributed by atoms with Gasteiger partial charge in [0.15, 0.2) is 11.6 Å². The van der Waals surface area contributed by atoms with Gasteiger partial charge in [0.25, 0.3) is 0 Å². The van der Waals surface area contributed by atoms with Crippen molar-refractivity contribution >= 4 is 22.8 Å². The summed E-state index contributed by atoms with van der Waals surface area (Å²) in [6, 6.07) is 9.76. The zero-order valence-electron chi connectivity index (χ0n) is 22.6. The minimum atomic E-state index is -4.55. The molecule has 1 fully saturated rings. The number of carboxylic acid groups (broad SMARTS) is 2. The van der Waals surface area contributed by atoms with E-state index in [0.29, 0.717) is 31.0 Å². The molecule has 1 atom stereocenters. The molecule has 1 aliphatic rings. The molecule has 0 radical (unpaired) electrons. The van der Waals surface area contributed by atoms with Gasteiger partial charge in [-0.05, 0) is 74.0 Å². The number of fused-ring (bicyclic) bond motifs is 1. The van der Waals surface area contributed by atoms with Gasteiger partial charge in [-0.2, -0.15) is 13.2 Å². The van der Waals surface area contributed by atoms with Crippen LogP contribution in [0.1, 0.15) is 30.1 Å². The standard InChI is InChI=1S/C26H29F4N3O3.C2H2O4/c1-35-19-3-5-23-21(15-19)20(6-9-32-23)24(34)16-33-11-7-18(8-12-33)31-10-13-36-25-14-17(26(28,29)30)2-4-22(25)27;3-1(4)2(5)6/h2-6,9,14-15,18,24,31,34H,7-8,10-13,16H2,1H3;(H,3,4)(H,5,6)/t24-;/m0./s1. The number of aliphatic hydroxyl groups excluding tert-OH is 1. The van der Waals surface area contributed by atoms with Crippen LogP contribution in [0, 0.1) is 5.82 Å². The fraction of sp³-hybridized carbons (Fsp3) is 0.393. The molecule has 3 aromatic rings. The minimum Gasteiger partial charge on any atom is -0.497 e. The number of piperidine rings is 1. The van der Waals surface area contributed by atoms with Crippen molar-refractivity contribution in [1.82, 2.24) is 15.2 Å². The molecule has 228 valence electrons. The van der Waals surface area contributed by atoms with E-state index in [0.717, 1.165) is 48.5 Å². The molecule has 1 saturated heterocycles. The molecule has 42 heavy (non-hydrogen) atoms. The minimum absolute atomic E-state index is 0.0513. The number of nitrogens with zero attached hydrogens (tertiary/aromatic N) is 2. The summed E-state index contributed by atoms with van der Waals surface area (Å²) in [5.74, 6) is -4.17. The second-order valence-electron chi connectivity index (χ2n) is 9.43. The highest BCUT2D eigenvalue weighted by Crippen LogP contribution is 2.32. The van der Waals surface area contributed by atoms with Crippen molar-refractivity contribution in [3.8, 4) is 11.5 Å². The van der Waals surface area contributed by atoms with Gasteiger partial charge in [-0.25, -0.2) is 14.0 Å². The van der Waals surface area contributed by atoms with Crippen LogP contribution in [0.2, 0.25) is 0 Å². The molecule has 0 unspecified atom stereocenters. The second-order valence-corrected chi connectivity index (χ2v) is 9.43. The lowest BCUT2D eigenvalue weighted by Crippen LogP contribution is -2.44. The lowest BCUT2D eigenvalue weighted by atomic mass is 10.0. The van der Waals surface area contributed by atoms with Gasteiger partial charge in [-0.1, -0.05) is 0 Å². The fourth-order valence-electron chi connectivity index (χ4n) is 4.44. The number of halogens is 4. The quantitative estimate of drug-likeness (QED) is 0.164. The van der Waals surface area contributed by atoms with Crippen LogP contribution in [0.5, 0.6) is 11.5 Å². The number of nitrogens with one attached hydrogen (secondary N) is 1. The number of likely N-dealkylation sites (tertiary alicyclic amines) is 1. The van der Waals surface area contributed by atoms with E-state index in [2.05, 4.69) is 15.2 Å². The maximum Gasteiger partial charge on any atom is 0.416 e. The Balaban J connectivity index is 0.000000730. The molecule has 0 saturated carbocycles. The van der Waals surface area contributed by atoms with Gasteiger partial charge in [0.1, 0.15) is 12.4 Å². The number of pyridine rings is 1. The Morgan fingerprint density at radius 2 is 1.79 bits per heavy atom. The van der Waals surface area contributed by atoms with Crippen LogP contribution >= 0.6 is 0 Å². The van der Waals surface area contributed by atoms with Crippen LogP contribution in [0.15, 0.2) is 48.7 Å². The summed E-state index contributed by atoms with van der Waals surface area (Å²) >= 11 is 0. The molecule has 1 aromatic heterocycles. The van der Waals surface area contributed by atoms with Gasteiger partial charge < -0.3 is 35.0 Å². The first-order valence-corrected chi connectivity index (χ1v) is 12.9. The number of aromatic nitrogens is 1. The van der Waals surface area contributed by atoms with Gasteiger partial charge in [-0.3, -0.25) is 4.98 Å². The van der Waals surface area contributed by atoms with Crippen molar-refractivity contribution in [1.29, 1.82) is 0 Å². The van der Waals surface area contributed by atoms with Crippen LogP contribution in [-0.2, 0) is 15.8 Å². The van der Waals surface area contributed by atoms with E-state index in [1.165, 1.54) is 0 Å². The van der Waals surface area contributed by atoms with Crippen molar-refractivity contribution in [2.45, 2.75) is 31.2 Å². The van der Waals surface area contributed by atoms with Crippen LogP contribution in [-0.4, -0.2) is 83.1 Å². The number of benzene rings is 2. The maximum atomic E-state index is 13.8. The summed E-state index contributed by atoms with van der Waals surface area (Å²) in [6.07, 6.45) is -1.85. The largest absolute Gasteiger partial charge is 0.497 e. The van der Waals surface area contributed by atoms with Gasteiger partial charge in [-0.15, -0.1) is 0 Å². The zero-order chi connectivity index (χ0) is 30.9. The van der Waals surface area contributed by atoms with Gasteiger partial charge in [0, 0.05) is 30.7 Å². The summed E-state index contributed by atoms with van der Waals surface area (Å²) in [7, 11) is 1.60. The molecule has 2 aromatic carbocycles. The third-order valence-corrected chi connectivity index (χ3v) is 6.59. The first-order valence-electron chi connectivity index (χ1n) is 12.9. The Hall–Kier alpha value is -4.01. The van der Waals surface area contributed by atoms with Crippen molar-refractivity contribution in [3.63, 3.8) is 0 Å². The van der Waals surface area contributed by atoms with Gasteiger partial charge in [0.2, 0.25) is 0 Å². The van der Waals surface area contributed by atoms with Crippen molar-refractivity contribution in [2.75, 3.05) is 39.9 Å². The Morgan fingerprint density at radius 1 is 1.10 bits per heavy atom. The second kappa shape index (κ2) is 14.8. The molecule has 0 spiro atoms. The molecule has 0 aliphatic carbocycles. The van der Waals surface area contributed by atoms with E-state index >= 15 is 0 Å². The molecule has 10 nitrogen and oxygen atoms in total. The topological polar surface area (TPSA) is 141 Å². The van der Waals surface area contributed by atoms with E-state index in [-0.39, 0.29) is 12.6 Å². The zero-order valence-corrected chi connectivity index (χ0v) is 22.6. The normalized spacial score (nSPS) is 15.0. The molecule has 0 amide bonds. The van der Waals surface area contributed by atoms with Gasteiger partial charge in [0.05, 0.1) is 24.3 Å². The molecular formula is C28H31F4N3O7. The van der Waals surface area contributed by atoms with Crippen LogP contribution < -0.4 is 14.8 Å². The number of carbonyl (C=O) groups is 2. The summed E-state index contributed by atoms with van der Waals surface area (Å²) in [4.78, 5) is 24.8. The molecular weight excluding hydrogens is 566 g/mol. The summed E-state index contributed by atoms with van der Waals surface area (Å²) in [5, 5.41) is 29.9. The van der Waals surface area contributed by atoms with Crippen LogP contribution in [0.3, 0.4) is 0 Å². The number of aliphatic carboxylic acids is 2. The van der Waals surface area contributed by atoms with Crippen LogP contribution in [0.25, 0.3) is 10.9 Å². The summed E-state index contributed by atoms with van der Waals surface area (Å²) in [6.45, 7) is 2.49. The Bertz CT molecular complexity index is 1350. The van der Waals surface area contributed by atoms with Crippen LogP contribution in [0.4, 0.5) is 17.6 Å². The van der Waals surface area contributed by atoms with Gasteiger partial charge >= 0.3 is 18.1 Å². The predicted octanol–water partition coefficient (Wildman–Crippen LogP) is 3.72. The molecule has 4 N–H and O–H groups in total. The molecule has 14 heteroatoms. The number of ether oxygens (including phenoxy) is 2. The predicted molar refractivity (Wildman–Crippen MR) is 143 cm³/mol. The number of hydrogen-bond acceptors (Lipinski definition) is 8. The molecule has 0 bridgehead atoms. The Morgan fingerprint density at radius 3 is 2.40 bits per heavy atom. The highest BCUT2D eigenvalue weighted by Gasteiger charge is 2.31. The fourth-order valence-corrected chi connectivity index (χ4v) is 4.44. The van der Waals surface area contributed by atoms with Crippen molar-refractivity contribution < 1.29 is 51.9 Å². The average molecular weight is 598 g/mol. The first kappa shape index (κ1) is 32.5. The van der Waals surface area contributed by atoms with E-state index in [1.54, 1.807) is 13.3 Å². The van der Waals surface area contributed by atoms with E-state index < -0.39 is 41.3 Å². The number of β-amino-alcohol motifs (C(OH)–C–C–N with tert-alkyl or cyclic N) is 1. The van der Waals surface area contributed by atoms with E-state index in [9.17, 15) is 22.7 Å². The monoisotopic (exact) mass is 597 g/mol. The molecule has 2 heterocycles. The Labute approximate surface area is 238 Å². The third kappa shape index (κ3) is 9.26. The highest BCUT2D eigenvalue weighted by atomic mass is 19.4.